The van der Waals surface area contributed by atoms with E-state index in [1.54, 1.807) is 7.11 Å². The van der Waals surface area contributed by atoms with Gasteiger partial charge in [0.25, 0.3) is 0 Å². The minimum absolute atomic E-state index is 0.0999. The Morgan fingerprint density at radius 1 is 1.04 bits per heavy atom. The molecule has 2 amide bonds. The number of urea groups is 1. The Hall–Kier alpha value is -3.21. The van der Waals surface area contributed by atoms with Crippen molar-refractivity contribution in [1.82, 2.24) is 9.47 Å². The van der Waals surface area contributed by atoms with Crippen molar-refractivity contribution >= 4 is 11.7 Å². The maximum atomic E-state index is 13.3. The monoisotopic (exact) mass is 375 g/mol. The maximum absolute atomic E-state index is 13.3. The smallest absolute Gasteiger partial charge is 0.322 e. The molecule has 5 heteroatoms. The number of ether oxygens (including phenoxy) is 1. The number of anilines is 1. The Morgan fingerprint density at radius 3 is 2.68 bits per heavy atom. The second-order valence-corrected chi connectivity index (χ2v) is 7.14. The van der Waals surface area contributed by atoms with Crippen LogP contribution in [0.2, 0.25) is 0 Å². The molecule has 1 aliphatic rings. The number of nitrogens with one attached hydrogen (secondary N) is 1. The minimum Gasteiger partial charge on any atom is -0.496 e. The van der Waals surface area contributed by atoms with Gasteiger partial charge in [0.1, 0.15) is 11.8 Å². The van der Waals surface area contributed by atoms with E-state index in [9.17, 15) is 4.79 Å². The van der Waals surface area contributed by atoms with Crippen LogP contribution in [0.4, 0.5) is 10.5 Å². The number of fused-ring (bicyclic) bond motifs is 1. The Morgan fingerprint density at radius 2 is 1.86 bits per heavy atom. The Labute approximate surface area is 165 Å². The van der Waals surface area contributed by atoms with Gasteiger partial charge in [-0.2, -0.15) is 0 Å². The largest absolute Gasteiger partial charge is 0.496 e. The summed E-state index contributed by atoms with van der Waals surface area (Å²) in [6.07, 6.45) is 2.07. The van der Waals surface area contributed by atoms with E-state index in [-0.39, 0.29) is 12.1 Å². The number of carbonyl (C=O) groups is 1. The summed E-state index contributed by atoms with van der Waals surface area (Å²) in [4.78, 5) is 15.2. The topological polar surface area (TPSA) is 46.5 Å². The highest BCUT2D eigenvalue weighted by Gasteiger charge is 2.34. The molecule has 0 fully saturated rings. The van der Waals surface area contributed by atoms with Crippen molar-refractivity contribution in [3.8, 4) is 5.75 Å². The standard InChI is InChI=1S/C23H25N3O2/c1-16-8-6-10-19(17(16)2)24-23(27)26-15-14-25-13-7-11-20(25)22(26)18-9-4-5-12-21(18)28-3/h4-13,22H,14-15H2,1-3H3,(H,24,27)/t22-/m1/s1. The molecular weight excluding hydrogens is 350 g/mol. The third-order valence-electron chi connectivity index (χ3n) is 5.58. The van der Waals surface area contributed by atoms with Crippen molar-refractivity contribution in [3.05, 3.63) is 83.2 Å². The molecule has 1 aromatic heterocycles. The van der Waals surface area contributed by atoms with Crippen molar-refractivity contribution in [2.24, 2.45) is 0 Å². The lowest BCUT2D eigenvalue weighted by Crippen LogP contribution is -2.44. The quantitative estimate of drug-likeness (QED) is 0.718. The molecule has 0 unspecified atom stereocenters. The van der Waals surface area contributed by atoms with Gasteiger partial charge < -0.3 is 19.5 Å². The second-order valence-electron chi connectivity index (χ2n) is 7.14. The summed E-state index contributed by atoms with van der Waals surface area (Å²) in [5.74, 6) is 0.784. The van der Waals surface area contributed by atoms with Crippen LogP contribution in [0.15, 0.2) is 60.8 Å². The summed E-state index contributed by atoms with van der Waals surface area (Å²) in [5, 5.41) is 3.12. The van der Waals surface area contributed by atoms with Crippen LogP contribution in [0, 0.1) is 13.8 Å². The van der Waals surface area contributed by atoms with Crippen LogP contribution < -0.4 is 10.1 Å². The van der Waals surface area contributed by atoms with E-state index in [1.807, 2.05) is 54.3 Å². The zero-order valence-corrected chi connectivity index (χ0v) is 16.5. The predicted octanol–water partition coefficient (Wildman–Crippen LogP) is 4.75. The average Bonchev–Trinajstić information content (AvgIpc) is 3.19. The first-order valence-electron chi connectivity index (χ1n) is 9.52. The lowest BCUT2D eigenvalue weighted by molar-refractivity contribution is 0.180. The average molecular weight is 375 g/mol. The van der Waals surface area contributed by atoms with Crippen LogP contribution in [0.1, 0.15) is 28.4 Å². The molecule has 0 saturated carbocycles. The van der Waals surface area contributed by atoms with Gasteiger partial charge in [-0.05, 0) is 49.2 Å². The Balaban J connectivity index is 1.72. The number of methoxy groups -OCH3 is 1. The number of hydrogen-bond acceptors (Lipinski definition) is 2. The van der Waals surface area contributed by atoms with E-state index in [4.69, 9.17) is 4.74 Å². The van der Waals surface area contributed by atoms with Crippen molar-refractivity contribution in [2.45, 2.75) is 26.4 Å². The zero-order chi connectivity index (χ0) is 19.7. The van der Waals surface area contributed by atoms with Gasteiger partial charge in [0.15, 0.2) is 0 Å². The lowest BCUT2D eigenvalue weighted by Gasteiger charge is -2.37. The van der Waals surface area contributed by atoms with Gasteiger partial charge in [0, 0.05) is 36.2 Å². The maximum Gasteiger partial charge on any atom is 0.322 e. The SMILES string of the molecule is COc1ccccc1[C@@H]1c2cccn2CCN1C(=O)Nc1cccc(C)c1C. The highest BCUT2D eigenvalue weighted by molar-refractivity contribution is 5.91. The van der Waals surface area contributed by atoms with Gasteiger partial charge in [-0.25, -0.2) is 4.79 Å². The van der Waals surface area contributed by atoms with Crippen LogP contribution >= 0.6 is 0 Å². The van der Waals surface area contributed by atoms with Crippen LogP contribution in [0.25, 0.3) is 0 Å². The normalized spacial score (nSPS) is 15.8. The number of hydrogen-bond donors (Lipinski definition) is 1. The van der Waals surface area contributed by atoms with Crippen molar-refractivity contribution in [1.29, 1.82) is 0 Å². The van der Waals surface area contributed by atoms with Crippen LogP contribution in [-0.4, -0.2) is 29.2 Å². The lowest BCUT2D eigenvalue weighted by atomic mass is 9.99. The predicted molar refractivity (Wildman–Crippen MR) is 111 cm³/mol. The van der Waals surface area contributed by atoms with Gasteiger partial charge in [-0.1, -0.05) is 30.3 Å². The molecule has 0 bridgehead atoms. The molecule has 1 atom stereocenters. The molecular formula is C23H25N3O2. The number of aryl methyl sites for hydroxylation is 1. The highest BCUT2D eigenvalue weighted by Crippen LogP contribution is 2.37. The van der Waals surface area contributed by atoms with Crippen molar-refractivity contribution in [3.63, 3.8) is 0 Å². The van der Waals surface area contributed by atoms with Gasteiger partial charge in [0.05, 0.1) is 7.11 Å². The molecule has 144 valence electrons. The molecule has 28 heavy (non-hydrogen) atoms. The number of amides is 2. The first-order valence-corrected chi connectivity index (χ1v) is 9.52. The van der Waals surface area contributed by atoms with E-state index in [2.05, 4.69) is 35.1 Å². The van der Waals surface area contributed by atoms with E-state index >= 15 is 0 Å². The number of benzene rings is 2. The number of aromatic nitrogens is 1. The van der Waals surface area contributed by atoms with Gasteiger partial charge in [-0.15, -0.1) is 0 Å². The fourth-order valence-electron chi connectivity index (χ4n) is 3.90. The van der Waals surface area contributed by atoms with Crippen molar-refractivity contribution in [2.75, 3.05) is 19.0 Å². The molecule has 0 aliphatic carbocycles. The summed E-state index contributed by atoms with van der Waals surface area (Å²) in [6.45, 7) is 5.48. The molecule has 0 radical (unpaired) electrons. The molecule has 1 aliphatic heterocycles. The van der Waals surface area contributed by atoms with Crippen molar-refractivity contribution < 1.29 is 9.53 Å². The summed E-state index contributed by atoms with van der Waals surface area (Å²) in [6, 6.07) is 17.7. The molecule has 3 aromatic rings. The second kappa shape index (κ2) is 7.43. The minimum atomic E-state index is -0.204. The molecule has 0 spiro atoms. The van der Waals surface area contributed by atoms with E-state index < -0.39 is 0 Å². The van der Waals surface area contributed by atoms with Crippen LogP contribution in [0.5, 0.6) is 5.75 Å². The molecule has 4 rings (SSSR count). The molecule has 1 N–H and O–H groups in total. The molecule has 5 nitrogen and oxygen atoms in total. The van der Waals surface area contributed by atoms with Crippen LogP contribution in [-0.2, 0) is 6.54 Å². The fourth-order valence-corrected chi connectivity index (χ4v) is 3.90. The summed E-state index contributed by atoms with van der Waals surface area (Å²) < 4.78 is 7.81. The van der Waals surface area contributed by atoms with Gasteiger partial charge >= 0.3 is 6.03 Å². The molecule has 2 aromatic carbocycles. The van der Waals surface area contributed by atoms with E-state index in [1.165, 1.54) is 0 Å². The molecule has 2 heterocycles. The first kappa shape index (κ1) is 18.2. The number of rotatable bonds is 3. The number of nitrogens with zero attached hydrogens (tertiary/aromatic N) is 2. The van der Waals surface area contributed by atoms with Gasteiger partial charge in [0.2, 0.25) is 0 Å². The Bertz CT molecular complexity index is 1010. The van der Waals surface area contributed by atoms with Crippen LogP contribution in [0.3, 0.4) is 0 Å². The zero-order valence-electron chi connectivity index (χ0n) is 16.5. The fraction of sp³-hybridized carbons (Fsp3) is 0.261. The third kappa shape index (κ3) is 3.13. The number of para-hydroxylation sites is 1. The van der Waals surface area contributed by atoms with Gasteiger partial charge in [-0.3, -0.25) is 0 Å². The highest BCUT2D eigenvalue weighted by atomic mass is 16.5. The summed E-state index contributed by atoms with van der Waals surface area (Å²) >= 11 is 0. The third-order valence-corrected chi connectivity index (χ3v) is 5.58. The van der Waals surface area contributed by atoms with E-state index in [0.29, 0.717) is 6.54 Å². The Kier molecular flexibility index (Phi) is 4.82. The summed E-state index contributed by atoms with van der Waals surface area (Å²) in [7, 11) is 1.67. The van der Waals surface area contributed by atoms with E-state index in [0.717, 1.165) is 40.4 Å². The number of carbonyl (C=O) groups excluding carboxylic acids is 1. The summed E-state index contributed by atoms with van der Waals surface area (Å²) in [5.41, 5.74) is 5.18. The first-order chi connectivity index (χ1) is 13.6. The molecule has 0 saturated heterocycles.